The van der Waals surface area contributed by atoms with Crippen molar-refractivity contribution in [1.82, 2.24) is 9.55 Å². The van der Waals surface area contributed by atoms with Gasteiger partial charge in [-0.15, -0.1) is 24.8 Å². The van der Waals surface area contributed by atoms with Gasteiger partial charge in [0.15, 0.2) is 0 Å². The summed E-state index contributed by atoms with van der Waals surface area (Å²) in [6.07, 6.45) is 3.69. The third kappa shape index (κ3) is 3.12. The van der Waals surface area contributed by atoms with Gasteiger partial charge >= 0.3 is 0 Å². The van der Waals surface area contributed by atoms with Gasteiger partial charge in [0.1, 0.15) is 5.82 Å². The number of benzene rings is 1. The van der Waals surface area contributed by atoms with E-state index >= 15 is 0 Å². The van der Waals surface area contributed by atoms with Gasteiger partial charge in [-0.05, 0) is 30.7 Å². The van der Waals surface area contributed by atoms with E-state index in [0.29, 0.717) is 6.54 Å². The van der Waals surface area contributed by atoms with E-state index in [4.69, 9.17) is 11.5 Å². The van der Waals surface area contributed by atoms with E-state index in [0.717, 1.165) is 22.8 Å². The minimum Gasteiger partial charge on any atom is -0.398 e. The molecule has 0 aliphatic rings. The SMILES string of the molecule is Cc1nccn1-c1ccc(N)c(CN)c1.Cl.Cl. The Labute approximate surface area is 113 Å². The Bertz CT molecular complexity index is 482. The van der Waals surface area contributed by atoms with E-state index in [9.17, 15) is 0 Å². The van der Waals surface area contributed by atoms with E-state index in [1.807, 2.05) is 35.9 Å². The Hall–Kier alpha value is -1.23. The van der Waals surface area contributed by atoms with Gasteiger partial charge in [0.05, 0.1) is 0 Å². The smallest absolute Gasteiger partial charge is 0.110 e. The molecular formula is C11H16Cl2N4. The molecule has 0 atom stereocenters. The summed E-state index contributed by atoms with van der Waals surface area (Å²) in [6.45, 7) is 2.41. The van der Waals surface area contributed by atoms with Crippen molar-refractivity contribution in [1.29, 1.82) is 0 Å². The van der Waals surface area contributed by atoms with Crippen molar-refractivity contribution < 1.29 is 0 Å². The molecule has 4 nitrogen and oxygen atoms in total. The van der Waals surface area contributed by atoms with Crippen LogP contribution in [0.15, 0.2) is 30.6 Å². The van der Waals surface area contributed by atoms with Gasteiger partial charge in [0.2, 0.25) is 0 Å². The number of nitrogens with two attached hydrogens (primary N) is 2. The number of rotatable bonds is 2. The third-order valence-corrected chi connectivity index (χ3v) is 2.45. The van der Waals surface area contributed by atoms with E-state index in [1.54, 1.807) is 6.20 Å². The molecule has 0 unspecified atom stereocenters. The maximum Gasteiger partial charge on any atom is 0.110 e. The molecule has 0 radical (unpaired) electrons. The number of aryl methyl sites for hydroxylation is 1. The van der Waals surface area contributed by atoms with Crippen LogP contribution in [0.5, 0.6) is 0 Å². The molecule has 0 fully saturated rings. The van der Waals surface area contributed by atoms with Gasteiger partial charge in [0, 0.05) is 30.3 Å². The normalized spacial score (nSPS) is 9.29. The molecule has 0 saturated carbocycles. The molecule has 0 saturated heterocycles. The molecule has 0 aliphatic heterocycles. The second-order valence-electron chi connectivity index (χ2n) is 3.43. The zero-order valence-corrected chi connectivity index (χ0v) is 11.1. The Kier molecular flexibility index (Phi) is 6.02. The lowest BCUT2D eigenvalue weighted by molar-refractivity contribution is 0.965. The van der Waals surface area contributed by atoms with Crippen LogP contribution in [0.25, 0.3) is 5.69 Å². The summed E-state index contributed by atoms with van der Waals surface area (Å²) in [5, 5.41) is 0. The largest absolute Gasteiger partial charge is 0.398 e. The van der Waals surface area contributed by atoms with Crippen molar-refractivity contribution in [2.24, 2.45) is 5.73 Å². The molecule has 1 heterocycles. The van der Waals surface area contributed by atoms with Crippen molar-refractivity contribution in [2.75, 3.05) is 5.73 Å². The lowest BCUT2D eigenvalue weighted by atomic mass is 10.1. The van der Waals surface area contributed by atoms with Crippen LogP contribution in [0.2, 0.25) is 0 Å². The highest BCUT2D eigenvalue weighted by atomic mass is 35.5. The van der Waals surface area contributed by atoms with E-state index in [-0.39, 0.29) is 24.8 Å². The van der Waals surface area contributed by atoms with Gasteiger partial charge in [-0.2, -0.15) is 0 Å². The molecule has 1 aromatic carbocycles. The highest BCUT2D eigenvalue weighted by Crippen LogP contribution is 2.17. The lowest BCUT2D eigenvalue weighted by Gasteiger charge is -2.08. The highest BCUT2D eigenvalue weighted by molar-refractivity contribution is 5.85. The number of imidazole rings is 1. The number of hydrogen-bond acceptors (Lipinski definition) is 3. The molecule has 0 aliphatic carbocycles. The Balaban J connectivity index is 0.00000128. The Morgan fingerprint density at radius 1 is 1.29 bits per heavy atom. The fourth-order valence-corrected chi connectivity index (χ4v) is 1.57. The van der Waals surface area contributed by atoms with Crippen molar-refractivity contribution in [3.8, 4) is 5.69 Å². The number of aromatic nitrogens is 2. The molecular weight excluding hydrogens is 259 g/mol. The van der Waals surface area contributed by atoms with Crippen LogP contribution >= 0.6 is 24.8 Å². The van der Waals surface area contributed by atoms with Crippen molar-refractivity contribution >= 4 is 30.5 Å². The Morgan fingerprint density at radius 3 is 2.53 bits per heavy atom. The van der Waals surface area contributed by atoms with Gasteiger partial charge < -0.3 is 16.0 Å². The summed E-state index contributed by atoms with van der Waals surface area (Å²) in [5.74, 6) is 0.947. The standard InChI is InChI=1S/C11H14N4.2ClH/c1-8-14-4-5-15(8)10-2-3-11(13)9(6-10)7-12;;/h2-6H,7,12-13H2,1H3;2*1H. The maximum atomic E-state index is 5.79. The molecule has 0 bridgehead atoms. The van der Waals surface area contributed by atoms with Crippen LogP contribution in [-0.4, -0.2) is 9.55 Å². The van der Waals surface area contributed by atoms with E-state index < -0.39 is 0 Å². The fraction of sp³-hybridized carbons (Fsp3) is 0.182. The summed E-state index contributed by atoms with van der Waals surface area (Å²) in [5.41, 5.74) is 14.1. The first-order chi connectivity index (χ1) is 7.22. The molecule has 4 N–H and O–H groups in total. The molecule has 1 aromatic heterocycles. The van der Waals surface area contributed by atoms with Crippen LogP contribution in [-0.2, 0) is 6.54 Å². The molecule has 0 amide bonds. The lowest BCUT2D eigenvalue weighted by Crippen LogP contribution is -2.04. The predicted octanol–water partition coefficient (Wildman–Crippen LogP) is 2.07. The average Bonchev–Trinajstić information content (AvgIpc) is 2.65. The summed E-state index contributed by atoms with van der Waals surface area (Å²) in [7, 11) is 0. The minimum atomic E-state index is 0. The topological polar surface area (TPSA) is 69.9 Å². The zero-order chi connectivity index (χ0) is 10.8. The monoisotopic (exact) mass is 274 g/mol. The van der Waals surface area contributed by atoms with Crippen LogP contribution in [0.1, 0.15) is 11.4 Å². The molecule has 17 heavy (non-hydrogen) atoms. The third-order valence-electron chi connectivity index (χ3n) is 2.45. The number of hydrogen-bond donors (Lipinski definition) is 2. The van der Waals surface area contributed by atoms with Gasteiger partial charge in [-0.3, -0.25) is 0 Å². The molecule has 2 rings (SSSR count). The quantitative estimate of drug-likeness (QED) is 0.824. The first kappa shape index (κ1) is 15.8. The number of anilines is 1. The minimum absolute atomic E-state index is 0. The van der Waals surface area contributed by atoms with Crippen LogP contribution in [0, 0.1) is 6.92 Å². The fourth-order valence-electron chi connectivity index (χ4n) is 1.57. The second-order valence-corrected chi connectivity index (χ2v) is 3.43. The first-order valence-corrected chi connectivity index (χ1v) is 4.81. The first-order valence-electron chi connectivity index (χ1n) is 4.81. The second kappa shape index (κ2) is 6.49. The number of nitrogen functional groups attached to an aromatic ring is 1. The molecule has 6 heteroatoms. The Morgan fingerprint density at radius 2 is 2.00 bits per heavy atom. The summed E-state index contributed by atoms with van der Waals surface area (Å²) < 4.78 is 2.00. The van der Waals surface area contributed by atoms with Crippen LogP contribution < -0.4 is 11.5 Å². The van der Waals surface area contributed by atoms with Gasteiger partial charge in [0.25, 0.3) is 0 Å². The molecule has 2 aromatic rings. The van der Waals surface area contributed by atoms with Crippen LogP contribution in [0.4, 0.5) is 5.69 Å². The number of halogens is 2. The van der Waals surface area contributed by atoms with Crippen molar-refractivity contribution in [3.05, 3.63) is 42.0 Å². The van der Waals surface area contributed by atoms with Gasteiger partial charge in [-0.1, -0.05) is 0 Å². The van der Waals surface area contributed by atoms with E-state index in [2.05, 4.69) is 4.98 Å². The predicted molar refractivity (Wildman–Crippen MR) is 75.1 cm³/mol. The maximum absolute atomic E-state index is 5.79. The average molecular weight is 275 g/mol. The summed E-state index contributed by atoms with van der Waals surface area (Å²) >= 11 is 0. The van der Waals surface area contributed by atoms with Crippen molar-refractivity contribution in [3.63, 3.8) is 0 Å². The van der Waals surface area contributed by atoms with Gasteiger partial charge in [-0.25, -0.2) is 4.98 Å². The highest BCUT2D eigenvalue weighted by Gasteiger charge is 2.03. The van der Waals surface area contributed by atoms with E-state index in [1.165, 1.54) is 0 Å². The molecule has 0 spiro atoms. The van der Waals surface area contributed by atoms with Crippen molar-refractivity contribution in [2.45, 2.75) is 13.5 Å². The molecule has 94 valence electrons. The summed E-state index contributed by atoms with van der Waals surface area (Å²) in [6, 6.07) is 5.82. The summed E-state index contributed by atoms with van der Waals surface area (Å²) in [4.78, 5) is 4.17. The zero-order valence-electron chi connectivity index (χ0n) is 9.46. The van der Waals surface area contributed by atoms with Crippen LogP contribution in [0.3, 0.4) is 0 Å². The number of nitrogens with zero attached hydrogens (tertiary/aromatic N) is 2.